The summed E-state index contributed by atoms with van der Waals surface area (Å²) in [6.07, 6.45) is 0.473. The fourth-order valence-electron chi connectivity index (χ4n) is 3.53. The van der Waals surface area contributed by atoms with Crippen LogP contribution in [-0.2, 0) is 10.0 Å². The van der Waals surface area contributed by atoms with Gasteiger partial charge in [0.2, 0.25) is 10.0 Å². The van der Waals surface area contributed by atoms with E-state index in [0.29, 0.717) is 43.5 Å². The normalized spacial score (nSPS) is 18.7. The van der Waals surface area contributed by atoms with Gasteiger partial charge in [0.25, 0.3) is 0 Å². The maximum absolute atomic E-state index is 12.9. The van der Waals surface area contributed by atoms with Crippen LogP contribution in [0.25, 0.3) is 0 Å². The Balaban J connectivity index is 1.59. The van der Waals surface area contributed by atoms with Crippen LogP contribution in [0.1, 0.15) is 43.4 Å². The highest BCUT2D eigenvalue weighted by Gasteiger charge is 2.29. The van der Waals surface area contributed by atoms with Gasteiger partial charge in [-0.1, -0.05) is 56.3 Å². The first-order valence-electron chi connectivity index (χ1n) is 9.97. The van der Waals surface area contributed by atoms with Crippen LogP contribution in [0.4, 0.5) is 0 Å². The van der Waals surface area contributed by atoms with Crippen LogP contribution in [0.3, 0.4) is 0 Å². The predicted octanol–water partition coefficient (Wildman–Crippen LogP) is 3.24. The second-order valence-electron chi connectivity index (χ2n) is 7.51. The molecule has 2 aromatic rings. The molecular weight excluding hydrogens is 372 g/mol. The number of hydrogen-bond acceptors (Lipinski definition) is 4. The lowest BCUT2D eigenvalue weighted by Gasteiger charge is -2.35. The highest BCUT2D eigenvalue weighted by Crippen LogP contribution is 2.23. The van der Waals surface area contributed by atoms with Gasteiger partial charge < -0.3 is 5.11 Å². The molecule has 0 aliphatic carbocycles. The zero-order valence-electron chi connectivity index (χ0n) is 16.7. The van der Waals surface area contributed by atoms with E-state index >= 15 is 0 Å². The number of rotatable bonds is 7. The molecule has 2 atom stereocenters. The molecule has 1 heterocycles. The molecule has 0 spiro atoms. The topological polar surface area (TPSA) is 60.9 Å². The SMILES string of the molecule is CC[C@H](C)c1ccc(S(=O)(=O)N2CCN(C[C@H](O)c3ccccc3)CC2)cc1. The molecule has 0 saturated carbocycles. The van der Waals surface area contributed by atoms with E-state index < -0.39 is 16.1 Å². The van der Waals surface area contributed by atoms with Gasteiger partial charge in [0.05, 0.1) is 11.0 Å². The quantitative estimate of drug-likeness (QED) is 0.772. The lowest BCUT2D eigenvalue weighted by molar-refractivity contribution is 0.0921. The summed E-state index contributed by atoms with van der Waals surface area (Å²) in [6.45, 7) is 6.91. The molecule has 1 N–H and O–H groups in total. The fraction of sp³-hybridized carbons (Fsp3) is 0.455. The van der Waals surface area contributed by atoms with Gasteiger partial charge in [-0.25, -0.2) is 8.42 Å². The van der Waals surface area contributed by atoms with Gasteiger partial charge in [-0.15, -0.1) is 0 Å². The standard InChI is InChI=1S/C22H30N2O3S/c1-3-18(2)19-9-11-21(12-10-19)28(26,27)24-15-13-23(14-16-24)17-22(25)20-7-5-4-6-8-20/h4-12,18,22,25H,3,13-17H2,1-2H3/t18-,22-/m0/s1. The molecule has 1 saturated heterocycles. The zero-order chi connectivity index (χ0) is 20.1. The van der Waals surface area contributed by atoms with Crippen molar-refractivity contribution in [3.63, 3.8) is 0 Å². The molecule has 2 aromatic carbocycles. The molecular formula is C22H30N2O3S. The first-order chi connectivity index (χ1) is 13.4. The maximum atomic E-state index is 12.9. The van der Waals surface area contributed by atoms with E-state index in [1.165, 1.54) is 5.56 Å². The van der Waals surface area contributed by atoms with Crippen LogP contribution >= 0.6 is 0 Å². The van der Waals surface area contributed by atoms with E-state index in [9.17, 15) is 13.5 Å². The number of aliphatic hydroxyl groups is 1. The summed E-state index contributed by atoms with van der Waals surface area (Å²) in [5, 5.41) is 10.4. The van der Waals surface area contributed by atoms with Crippen LogP contribution in [0.15, 0.2) is 59.5 Å². The number of aliphatic hydroxyl groups excluding tert-OH is 1. The lowest BCUT2D eigenvalue weighted by atomic mass is 9.99. The average molecular weight is 403 g/mol. The van der Waals surface area contributed by atoms with Crippen molar-refractivity contribution in [1.82, 2.24) is 9.21 Å². The van der Waals surface area contributed by atoms with Crippen molar-refractivity contribution < 1.29 is 13.5 Å². The van der Waals surface area contributed by atoms with E-state index in [4.69, 9.17) is 0 Å². The minimum absolute atomic E-state index is 0.359. The number of β-amino-alcohol motifs (C(OH)–C–C–N with tert-alkyl or cyclic N) is 1. The van der Waals surface area contributed by atoms with Crippen LogP contribution in [0, 0.1) is 0 Å². The predicted molar refractivity (Wildman–Crippen MR) is 112 cm³/mol. The molecule has 6 heteroatoms. The fourth-order valence-corrected chi connectivity index (χ4v) is 4.95. The smallest absolute Gasteiger partial charge is 0.243 e. The van der Waals surface area contributed by atoms with E-state index in [1.807, 2.05) is 42.5 Å². The summed E-state index contributed by atoms with van der Waals surface area (Å²) in [6, 6.07) is 16.9. The maximum Gasteiger partial charge on any atom is 0.243 e. The van der Waals surface area contributed by atoms with Gasteiger partial charge >= 0.3 is 0 Å². The van der Waals surface area contributed by atoms with Gasteiger partial charge in [0.15, 0.2) is 0 Å². The Kier molecular flexibility index (Phi) is 6.88. The average Bonchev–Trinajstić information content (AvgIpc) is 2.74. The Morgan fingerprint density at radius 2 is 1.54 bits per heavy atom. The van der Waals surface area contributed by atoms with Crippen molar-refractivity contribution in [1.29, 1.82) is 0 Å². The molecule has 28 heavy (non-hydrogen) atoms. The van der Waals surface area contributed by atoms with E-state index in [2.05, 4.69) is 18.7 Å². The van der Waals surface area contributed by atoms with Gasteiger partial charge in [-0.2, -0.15) is 4.31 Å². The first kappa shape index (κ1) is 21.0. The molecule has 1 aliphatic rings. The third-order valence-corrected chi connectivity index (χ3v) is 7.56. The first-order valence-corrected chi connectivity index (χ1v) is 11.4. The van der Waals surface area contributed by atoms with Crippen molar-refractivity contribution in [2.75, 3.05) is 32.7 Å². The summed E-state index contributed by atoms with van der Waals surface area (Å²) < 4.78 is 27.4. The minimum atomic E-state index is -3.47. The summed E-state index contributed by atoms with van der Waals surface area (Å²) in [7, 11) is -3.47. The van der Waals surface area contributed by atoms with E-state index in [0.717, 1.165) is 12.0 Å². The summed E-state index contributed by atoms with van der Waals surface area (Å²) >= 11 is 0. The van der Waals surface area contributed by atoms with Crippen molar-refractivity contribution >= 4 is 10.0 Å². The minimum Gasteiger partial charge on any atom is -0.387 e. The molecule has 3 rings (SSSR count). The highest BCUT2D eigenvalue weighted by atomic mass is 32.2. The third-order valence-electron chi connectivity index (χ3n) is 5.65. The second-order valence-corrected chi connectivity index (χ2v) is 9.45. The van der Waals surface area contributed by atoms with Gasteiger partial charge in [0, 0.05) is 32.7 Å². The molecule has 1 fully saturated rings. The van der Waals surface area contributed by atoms with Crippen molar-refractivity contribution in [2.45, 2.75) is 37.2 Å². The highest BCUT2D eigenvalue weighted by molar-refractivity contribution is 7.89. The van der Waals surface area contributed by atoms with E-state index in [-0.39, 0.29) is 0 Å². The molecule has 0 amide bonds. The summed E-state index contributed by atoms with van der Waals surface area (Å²) in [5.41, 5.74) is 2.06. The Morgan fingerprint density at radius 1 is 0.929 bits per heavy atom. The molecule has 0 unspecified atom stereocenters. The van der Waals surface area contributed by atoms with Crippen molar-refractivity contribution in [3.8, 4) is 0 Å². The number of nitrogens with zero attached hydrogens (tertiary/aromatic N) is 2. The van der Waals surface area contributed by atoms with Crippen molar-refractivity contribution in [3.05, 3.63) is 65.7 Å². The molecule has 5 nitrogen and oxygen atoms in total. The zero-order valence-corrected chi connectivity index (χ0v) is 17.5. The third kappa shape index (κ3) is 4.81. The van der Waals surface area contributed by atoms with Crippen LogP contribution in [0.5, 0.6) is 0 Å². The number of piperazine rings is 1. The van der Waals surface area contributed by atoms with Gasteiger partial charge in [0.1, 0.15) is 0 Å². The van der Waals surface area contributed by atoms with Crippen molar-refractivity contribution in [2.24, 2.45) is 0 Å². The number of sulfonamides is 1. The molecule has 1 aliphatic heterocycles. The molecule has 0 bridgehead atoms. The Hall–Kier alpha value is -1.73. The summed E-state index contributed by atoms with van der Waals surface area (Å²) in [4.78, 5) is 2.48. The van der Waals surface area contributed by atoms with Gasteiger partial charge in [-0.3, -0.25) is 4.90 Å². The Labute approximate surface area is 168 Å². The lowest BCUT2D eigenvalue weighted by Crippen LogP contribution is -2.49. The summed E-state index contributed by atoms with van der Waals surface area (Å²) in [5.74, 6) is 0.427. The molecule has 0 aromatic heterocycles. The van der Waals surface area contributed by atoms with Crippen LogP contribution in [-0.4, -0.2) is 55.5 Å². The monoisotopic (exact) mass is 402 g/mol. The number of benzene rings is 2. The Morgan fingerprint density at radius 3 is 2.11 bits per heavy atom. The van der Waals surface area contributed by atoms with Gasteiger partial charge in [-0.05, 0) is 35.6 Å². The van der Waals surface area contributed by atoms with E-state index in [1.54, 1.807) is 16.4 Å². The largest absolute Gasteiger partial charge is 0.387 e. The number of hydrogen-bond donors (Lipinski definition) is 1. The van der Waals surface area contributed by atoms with Crippen LogP contribution in [0.2, 0.25) is 0 Å². The second kappa shape index (κ2) is 9.18. The molecule has 0 radical (unpaired) electrons. The Bertz CT molecular complexity index is 845. The molecule has 152 valence electrons. The van der Waals surface area contributed by atoms with Crippen LogP contribution < -0.4 is 0 Å².